The first-order valence-electron chi connectivity index (χ1n) is 11.1. The summed E-state index contributed by atoms with van der Waals surface area (Å²) in [6, 6.07) is 5.97. The molecule has 1 aromatic carbocycles. The van der Waals surface area contributed by atoms with Crippen LogP contribution >= 0.6 is 0 Å². The van der Waals surface area contributed by atoms with Crippen LogP contribution in [0.3, 0.4) is 0 Å². The molecule has 2 amide bonds. The number of benzene rings is 1. The summed E-state index contributed by atoms with van der Waals surface area (Å²) < 4.78 is 0. The number of hydrogen-bond donors (Lipinski definition) is 2. The van der Waals surface area contributed by atoms with Gasteiger partial charge in [-0.05, 0) is 56.3 Å². The van der Waals surface area contributed by atoms with Crippen LogP contribution in [0, 0.1) is 25.2 Å². The van der Waals surface area contributed by atoms with Crippen molar-refractivity contribution in [2.45, 2.75) is 39.5 Å². The van der Waals surface area contributed by atoms with Gasteiger partial charge in [-0.25, -0.2) is 0 Å². The first-order valence-corrected chi connectivity index (χ1v) is 11.1. The molecule has 0 aromatic heterocycles. The third-order valence-electron chi connectivity index (χ3n) is 7.37. The number of carbonyl (C=O) groups excluding carboxylic acids is 2. The van der Waals surface area contributed by atoms with Crippen molar-refractivity contribution >= 4 is 17.5 Å². The molecule has 1 aromatic rings. The molecule has 2 heterocycles. The summed E-state index contributed by atoms with van der Waals surface area (Å²) in [5, 5.41) is 6.52. The number of carbonyl (C=O) groups is 2. The van der Waals surface area contributed by atoms with E-state index in [1.165, 1.54) is 24.8 Å². The number of nitrogens with one attached hydrogen (secondary N) is 2. The van der Waals surface area contributed by atoms with Gasteiger partial charge in [0.05, 0.1) is 12.0 Å². The lowest BCUT2D eigenvalue weighted by molar-refractivity contribution is -0.147. The summed E-state index contributed by atoms with van der Waals surface area (Å²) in [5.41, 5.74) is 3.01. The van der Waals surface area contributed by atoms with Crippen molar-refractivity contribution in [1.82, 2.24) is 15.1 Å². The summed E-state index contributed by atoms with van der Waals surface area (Å²) in [6.45, 7) is 9.28. The van der Waals surface area contributed by atoms with E-state index in [4.69, 9.17) is 0 Å². The molecule has 0 bridgehead atoms. The van der Waals surface area contributed by atoms with E-state index in [1.54, 1.807) is 0 Å². The van der Waals surface area contributed by atoms with Crippen molar-refractivity contribution < 1.29 is 9.59 Å². The molecule has 158 valence electrons. The molecule has 0 radical (unpaired) electrons. The van der Waals surface area contributed by atoms with E-state index in [2.05, 4.69) is 33.4 Å². The van der Waals surface area contributed by atoms with Gasteiger partial charge in [0.1, 0.15) is 0 Å². The second kappa shape index (κ2) is 8.44. The van der Waals surface area contributed by atoms with Crippen molar-refractivity contribution in [2.75, 3.05) is 51.1 Å². The van der Waals surface area contributed by atoms with Gasteiger partial charge in [-0.15, -0.1) is 0 Å². The number of piperazine rings is 1. The molecule has 2 saturated heterocycles. The second-order valence-electron chi connectivity index (χ2n) is 9.09. The zero-order chi connectivity index (χ0) is 20.4. The SMILES string of the molecule is Cc1cccc(NC(=O)CN2CCN(C(=O)[C@@]34CCCC[C@H]3CNC4)CC2)c1C. The summed E-state index contributed by atoms with van der Waals surface area (Å²) in [7, 11) is 0. The number of nitrogens with zero attached hydrogens (tertiary/aromatic N) is 2. The van der Waals surface area contributed by atoms with Gasteiger partial charge in [0.2, 0.25) is 11.8 Å². The average Bonchev–Trinajstić information content (AvgIpc) is 3.17. The van der Waals surface area contributed by atoms with Gasteiger partial charge in [0, 0.05) is 38.4 Å². The fourth-order valence-corrected chi connectivity index (χ4v) is 5.37. The number of hydrogen-bond acceptors (Lipinski definition) is 4. The Kier molecular flexibility index (Phi) is 5.93. The molecule has 2 aliphatic heterocycles. The van der Waals surface area contributed by atoms with Crippen LogP contribution in [0.5, 0.6) is 0 Å². The Morgan fingerprint density at radius 3 is 2.76 bits per heavy atom. The lowest BCUT2D eigenvalue weighted by Crippen LogP contribution is -2.56. The fraction of sp³-hybridized carbons (Fsp3) is 0.652. The Balaban J connectivity index is 1.30. The number of amides is 2. The van der Waals surface area contributed by atoms with Crippen LogP contribution in [0.4, 0.5) is 5.69 Å². The van der Waals surface area contributed by atoms with E-state index in [9.17, 15) is 9.59 Å². The largest absolute Gasteiger partial charge is 0.340 e. The van der Waals surface area contributed by atoms with E-state index in [0.29, 0.717) is 18.4 Å². The third kappa shape index (κ3) is 4.05. The van der Waals surface area contributed by atoms with E-state index in [-0.39, 0.29) is 11.3 Å². The Morgan fingerprint density at radius 2 is 1.97 bits per heavy atom. The quantitative estimate of drug-likeness (QED) is 0.816. The first kappa shape index (κ1) is 20.4. The summed E-state index contributed by atoms with van der Waals surface area (Å²) >= 11 is 0. The van der Waals surface area contributed by atoms with Gasteiger partial charge in [-0.2, -0.15) is 0 Å². The molecule has 0 spiro atoms. The minimum atomic E-state index is -0.166. The Labute approximate surface area is 174 Å². The molecule has 4 rings (SSSR count). The van der Waals surface area contributed by atoms with Crippen molar-refractivity contribution in [3.05, 3.63) is 29.3 Å². The summed E-state index contributed by atoms with van der Waals surface area (Å²) in [4.78, 5) is 30.1. The van der Waals surface area contributed by atoms with Crippen LogP contribution in [-0.4, -0.2) is 67.4 Å². The van der Waals surface area contributed by atoms with E-state index in [1.807, 2.05) is 19.1 Å². The topological polar surface area (TPSA) is 64.7 Å². The summed E-state index contributed by atoms with van der Waals surface area (Å²) in [5.74, 6) is 0.876. The molecule has 6 heteroatoms. The third-order valence-corrected chi connectivity index (χ3v) is 7.37. The normalized spacial score (nSPS) is 27.5. The van der Waals surface area contributed by atoms with Gasteiger partial charge >= 0.3 is 0 Å². The maximum atomic E-state index is 13.4. The first-order chi connectivity index (χ1) is 14.0. The Morgan fingerprint density at radius 1 is 1.17 bits per heavy atom. The van der Waals surface area contributed by atoms with Crippen LogP contribution in [0.15, 0.2) is 18.2 Å². The molecule has 2 N–H and O–H groups in total. The smallest absolute Gasteiger partial charge is 0.238 e. The van der Waals surface area contributed by atoms with E-state index in [0.717, 1.165) is 56.9 Å². The van der Waals surface area contributed by atoms with Gasteiger partial charge in [-0.1, -0.05) is 25.0 Å². The van der Waals surface area contributed by atoms with Crippen molar-refractivity contribution in [1.29, 1.82) is 0 Å². The predicted octanol–water partition coefficient (Wildman–Crippen LogP) is 2.17. The molecule has 0 unspecified atom stereocenters. The van der Waals surface area contributed by atoms with Crippen LogP contribution in [-0.2, 0) is 9.59 Å². The van der Waals surface area contributed by atoms with Gasteiger partial charge in [0.25, 0.3) is 0 Å². The van der Waals surface area contributed by atoms with Crippen LogP contribution in [0.2, 0.25) is 0 Å². The minimum absolute atomic E-state index is 0.0180. The molecular weight excluding hydrogens is 364 g/mol. The summed E-state index contributed by atoms with van der Waals surface area (Å²) in [6.07, 6.45) is 4.63. The van der Waals surface area contributed by atoms with E-state index < -0.39 is 0 Å². The highest BCUT2D eigenvalue weighted by Gasteiger charge is 2.51. The van der Waals surface area contributed by atoms with Gasteiger partial charge < -0.3 is 15.5 Å². The number of aryl methyl sites for hydroxylation is 1. The monoisotopic (exact) mass is 398 g/mol. The number of anilines is 1. The second-order valence-corrected chi connectivity index (χ2v) is 9.09. The zero-order valence-electron chi connectivity index (χ0n) is 17.8. The molecule has 3 fully saturated rings. The van der Waals surface area contributed by atoms with Crippen molar-refractivity contribution in [2.24, 2.45) is 11.3 Å². The zero-order valence-corrected chi connectivity index (χ0v) is 17.8. The minimum Gasteiger partial charge on any atom is -0.340 e. The maximum absolute atomic E-state index is 13.4. The molecular formula is C23H34N4O2. The standard InChI is InChI=1S/C23H34N4O2/c1-17-6-5-8-20(18(17)2)25-21(28)15-26-10-12-27(13-11-26)22(29)23-9-4-3-7-19(23)14-24-16-23/h5-6,8,19,24H,3-4,7,9-16H2,1-2H3,(H,25,28)/t19-,23+/m0/s1. The van der Waals surface area contributed by atoms with Crippen molar-refractivity contribution in [3.63, 3.8) is 0 Å². The lowest BCUT2D eigenvalue weighted by Gasteiger charge is -2.43. The Bertz CT molecular complexity index is 772. The molecule has 2 atom stereocenters. The van der Waals surface area contributed by atoms with E-state index >= 15 is 0 Å². The Hall–Kier alpha value is -1.92. The molecule has 6 nitrogen and oxygen atoms in total. The highest BCUT2D eigenvalue weighted by atomic mass is 16.2. The fourth-order valence-electron chi connectivity index (χ4n) is 5.37. The average molecular weight is 399 g/mol. The number of rotatable bonds is 4. The van der Waals surface area contributed by atoms with Crippen LogP contribution < -0.4 is 10.6 Å². The predicted molar refractivity (Wildman–Crippen MR) is 115 cm³/mol. The van der Waals surface area contributed by atoms with Crippen LogP contribution in [0.25, 0.3) is 0 Å². The van der Waals surface area contributed by atoms with Gasteiger partial charge in [0.15, 0.2) is 0 Å². The lowest BCUT2D eigenvalue weighted by atomic mass is 9.67. The highest BCUT2D eigenvalue weighted by Crippen LogP contribution is 2.45. The maximum Gasteiger partial charge on any atom is 0.238 e. The highest BCUT2D eigenvalue weighted by molar-refractivity contribution is 5.93. The molecule has 3 aliphatic rings. The molecule has 1 aliphatic carbocycles. The number of fused-ring (bicyclic) bond motifs is 1. The molecule has 1 saturated carbocycles. The van der Waals surface area contributed by atoms with Gasteiger partial charge in [-0.3, -0.25) is 14.5 Å². The van der Waals surface area contributed by atoms with Crippen molar-refractivity contribution in [3.8, 4) is 0 Å². The molecule has 29 heavy (non-hydrogen) atoms. The van der Waals surface area contributed by atoms with Crippen LogP contribution in [0.1, 0.15) is 36.8 Å².